The number of unbranched alkanes of at least 4 members (excludes halogenated alkanes) is 4. The van der Waals surface area contributed by atoms with E-state index in [1.54, 1.807) is 0 Å². The minimum absolute atomic E-state index is 0. The summed E-state index contributed by atoms with van der Waals surface area (Å²) in [6.45, 7) is 2.56. The molecule has 0 aromatic heterocycles. The maximum atomic E-state index is 8.37. The van der Waals surface area contributed by atoms with Crippen molar-refractivity contribution in [1.82, 2.24) is 0 Å². The molecule has 1 N–H and O–H groups in total. The van der Waals surface area contributed by atoms with E-state index in [0.717, 1.165) is 6.42 Å². The van der Waals surface area contributed by atoms with Crippen molar-refractivity contribution in [2.75, 3.05) is 6.61 Å². The average molecular weight is 143 g/mol. The van der Waals surface area contributed by atoms with E-state index >= 15 is 0 Å². The van der Waals surface area contributed by atoms with E-state index in [9.17, 15) is 0 Å². The summed E-state index contributed by atoms with van der Waals surface area (Å²) in [5.74, 6) is 0. The van der Waals surface area contributed by atoms with Crippen molar-refractivity contribution in [1.29, 1.82) is 0 Å². The molecule has 0 fully saturated rings. The summed E-state index contributed by atoms with van der Waals surface area (Å²) in [5, 5.41) is 8.37. The van der Waals surface area contributed by atoms with E-state index in [4.69, 9.17) is 5.11 Å². The van der Waals surface area contributed by atoms with Gasteiger partial charge in [-0.05, 0) is 6.42 Å². The molecule has 54 valence electrons. The molecule has 0 bridgehead atoms. The first-order valence-corrected chi connectivity index (χ1v) is 3.52. The molecular weight excluding hydrogens is 124 g/mol. The van der Waals surface area contributed by atoms with Crippen molar-refractivity contribution in [2.45, 2.75) is 39.0 Å². The zero-order valence-electron chi connectivity index (χ0n) is 8.40. The fraction of sp³-hybridized carbons (Fsp3) is 1.00. The average Bonchev–Trinajstić information content (AvgIpc) is 1.81. The van der Waals surface area contributed by atoms with Crippen LogP contribution < -0.4 is 0 Å². The Balaban J connectivity index is -0.0000000817. The largest absolute Gasteiger partial charge is 2.00 e. The molecular formula is C7H18MgO. The molecule has 1 nitrogen and oxygen atoms in total. The van der Waals surface area contributed by atoms with Crippen LogP contribution in [0.15, 0.2) is 0 Å². The maximum absolute atomic E-state index is 8.37. The molecule has 0 saturated heterocycles. The monoisotopic (exact) mass is 142 g/mol. The van der Waals surface area contributed by atoms with Crippen LogP contribution in [-0.4, -0.2) is 34.8 Å². The summed E-state index contributed by atoms with van der Waals surface area (Å²) in [4.78, 5) is 0. The van der Waals surface area contributed by atoms with Gasteiger partial charge in [-0.1, -0.05) is 32.6 Å². The zero-order valence-corrected chi connectivity index (χ0v) is 7.81. The topological polar surface area (TPSA) is 20.2 Å². The van der Waals surface area contributed by atoms with Crippen LogP contribution in [0.4, 0.5) is 0 Å². The van der Waals surface area contributed by atoms with Gasteiger partial charge >= 0.3 is 23.1 Å². The van der Waals surface area contributed by atoms with Crippen LogP contribution in [0, 0.1) is 0 Å². The second-order valence-corrected chi connectivity index (χ2v) is 2.14. The molecule has 0 aliphatic rings. The first-order chi connectivity index (χ1) is 3.91. The molecule has 0 spiro atoms. The summed E-state index contributed by atoms with van der Waals surface area (Å²) < 4.78 is 0. The summed E-state index contributed by atoms with van der Waals surface area (Å²) in [5.41, 5.74) is 0. The molecule has 0 aromatic carbocycles. The molecule has 0 rings (SSSR count). The van der Waals surface area contributed by atoms with Gasteiger partial charge in [0.05, 0.1) is 0 Å². The second kappa shape index (κ2) is 11.5. The van der Waals surface area contributed by atoms with Crippen LogP contribution in [-0.2, 0) is 0 Å². The predicted molar refractivity (Wildman–Crippen MR) is 43.8 cm³/mol. The quantitative estimate of drug-likeness (QED) is 0.458. The smallest absolute Gasteiger partial charge is 1.00 e. The summed E-state index contributed by atoms with van der Waals surface area (Å²) in [7, 11) is 0. The Hall–Kier alpha value is 0.726. The first kappa shape index (κ1) is 12.4. The number of aliphatic hydroxyl groups is 1. The Morgan fingerprint density at radius 3 is 2.11 bits per heavy atom. The number of rotatable bonds is 5. The Bertz CT molecular complexity index is 41.4. The molecule has 0 aromatic rings. The number of aliphatic hydroxyl groups excluding tert-OH is 1. The first-order valence-electron chi connectivity index (χ1n) is 3.52. The Kier molecular flexibility index (Phi) is 15.9. The molecule has 0 amide bonds. The fourth-order valence-electron chi connectivity index (χ4n) is 0.715. The van der Waals surface area contributed by atoms with E-state index in [1.165, 1.54) is 25.7 Å². The third-order valence-corrected chi connectivity index (χ3v) is 1.26. The van der Waals surface area contributed by atoms with Gasteiger partial charge in [0.1, 0.15) is 0 Å². The molecule has 0 atom stereocenters. The van der Waals surface area contributed by atoms with Crippen molar-refractivity contribution in [3.05, 3.63) is 0 Å². The second-order valence-electron chi connectivity index (χ2n) is 2.14. The van der Waals surface area contributed by atoms with E-state index < -0.39 is 0 Å². The van der Waals surface area contributed by atoms with Crippen LogP contribution in [0.2, 0.25) is 0 Å². The van der Waals surface area contributed by atoms with E-state index in [0.29, 0.717) is 6.61 Å². The van der Waals surface area contributed by atoms with Gasteiger partial charge in [-0.25, -0.2) is 0 Å². The normalized spacial score (nSPS) is 8.67. The standard InChI is InChI=1S/C7H16O.Mg.2H/c1-2-3-4-5-6-7-8;;;/h8H,2-7H2,1H3;;;/q;+2;2*-1. The van der Waals surface area contributed by atoms with Crippen molar-refractivity contribution >= 4 is 23.1 Å². The van der Waals surface area contributed by atoms with E-state index in [2.05, 4.69) is 6.92 Å². The third-order valence-electron chi connectivity index (χ3n) is 1.26. The maximum Gasteiger partial charge on any atom is 2.00 e. The van der Waals surface area contributed by atoms with Crippen LogP contribution in [0.1, 0.15) is 41.9 Å². The van der Waals surface area contributed by atoms with E-state index in [-0.39, 0.29) is 25.9 Å². The van der Waals surface area contributed by atoms with Gasteiger partial charge in [0, 0.05) is 6.61 Å². The minimum Gasteiger partial charge on any atom is -1.00 e. The Morgan fingerprint density at radius 1 is 1.11 bits per heavy atom. The van der Waals surface area contributed by atoms with Crippen LogP contribution in [0.3, 0.4) is 0 Å². The Labute approximate surface area is 77.0 Å². The van der Waals surface area contributed by atoms with Crippen molar-refractivity contribution in [3.8, 4) is 0 Å². The van der Waals surface area contributed by atoms with Crippen molar-refractivity contribution in [2.24, 2.45) is 0 Å². The van der Waals surface area contributed by atoms with Crippen molar-refractivity contribution < 1.29 is 7.96 Å². The van der Waals surface area contributed by atoms with Crippen LogP contribution >= 0.6 is 0 Å². The SMILES string of the molecule is CCCCCCCO.[H-].[H-].[Mg+2]. The van der Waals surface area contributed by atoms with Gasteiger partial charge < -0.3 is 7.96 Å². The molecule has 0 unspecified atom stereocenters. The molecule has 0 aliphatic carbocycles. The van der Waals surface area contributed by atoms with Crippen LogP contribution in [0.25, 0.3) is 0 Å². The molecule has 0 radical (unpaired) electrons. The van der Waals surface area contributed by atoms with E-state index in [1.807, 2.05) is 0 Å². The van der Waals surface area contributed by atoms with Gasteiger partial charge in [-0.3, -0.25) is 0 Å². The fourth-order valence-corrected chi connectivity index (χ4v) is 0.715. The summed E-state index contributed by atoms with van der Waals surface area (Å²) in [6.07, 6.45) is 6.08. The van der Waals surface area contributed by atoms with Crippen molar-refractivity contribution in [3.63, 3.8) is 0 Å². The third kappa shape index (κ3) is 12.0. The molecule has 9 heavy (non-hydrogen) atoms. The zero-order chi connectivity index (χ0) is 6.24. The summed E-state index contributed by atoms with van der Waals surface area (Å²) >= 11 is 0. The van der Waals surface area contributed by atoms with Crippen LogP contribution in [0.5, 0.6) is 0 Å². The van der Waals surface area contributed by atoms with Gasteiger partial charge in [0.25, 0.3) is 0 Å². The Morgan fingerprint density at radius 2 is 1.67 bits per heavy atom. The molecule has 2 heteroatoms. The molecule has 0 heterocycles. The minimum atomic E-state index is 0. The van der Waals surface area contributed by atoms with Gasteiger partial charge in [0.2, 0.25) is 0 Å². The molecule has 0 saturated carbocycles. The number of hydrogen-bond acceptors (Lipinski definition) is 1. The predicted octanol–water partition coefficient (Wildman–Crippen LogP) is 1.79. The number of hydrogen-bond donors (Lipinski definition) is 1. The van der Waals surface area contributed by atoms with Gasteiger partial charge in [-0.15, -0.1) is 0 Å². The van der Waals surface area contributed by atoms with Gasteiger partial charge in [-0.2, -0.15) is 0 Å². The van der Waals surface area contributed by atoms with Gasteiger partial charge in [0.15, 0.2) is 0 Å². The molecule has 0 aliphatic heterocycles. The summed E-state index contributed by atoms with van der Waals surface area (Å²) in [6, 6.07) is 0.